The molecule has 0 N–H and O–H groups in total. The van der Waals surface area contributed by atoms with E-state index in [4.69, 9.17) is 4.74 Å². The predicted molar refractivity (Wildman–Crippen MR) is 69.1 cm³/mol. The quantitative estimate of drug-likeness (QED) is 0.808. The van der Waals surface area contributed by atoms with Crippen LogP contribution < -0.4 is 0 Å². The van der Waals surface area contributed by atoms with Crippen LogP contribution in [0.3, 0.4) is 0 Å². The van der Waals surface area contributed by atoms with Crippen molar-refractivity contribution in [1.29, 1.82) is 0 Å². The zero-order valence-corrected chi connectivity index (χ0v) is 11.6. The summed E-state index contributed by atoms with van der Waals surface area (Å²) in [4.78, 5) is 12.6. The Kier molecular flexibility index (Phi) is 3.73. The van der Waals surface area contributed by atoms with E-state index in [1.165, 1.54) is 11.5 Å². The molecule has 3 nitrogen and oxygen atoms in total. The Morgan fingerprint density at radius 3 is 3.00 bits per heavy atom. The third-order valence-corrected chi connectivity index (χ3v) is 4.13. The molecule has 2 aromatic rings. The van der Waals surface area contributed by atoms with Gasteiger partial charge in [0.25, 0.3) is 0 Å². The van der Waals surface area contributed by atoms with Crippen LogP contribution in [0.1, 0.15) is 17.3 Å². The highest BCUT2D eigenvalue weighted by Crippen LogP contribution is 2.33. The van der Waals surface area contributed by atoms with Crippen molar-refractivity contribution < 1.29 is 9.53 Å². The van der Waals surface area contributed by atoms with Crippen LogP contribution in [0, 0.1) is 0 Å². The molecule has 0 fully saturated rings. The van der Waals surface area contributed by atoms with E-state index in [9.17, 15) is 4.79 Å². The van der Waals surface area contributed by atoms with Gasteiger partial charge in [-0.15, -0.1) is 11.3 Å². The van der Waals surface area contributed by atoms with Gasteiger partial charge in [0, 0.05) is 5.38 Å². The van der Waals surface area contributed by atoms with E-state index in [0.717, 1.165) is 8.66 Å². The molecule has 0 saturated heterocycles. The summed E-state index contributed by atoms with van der Waals surface area (Å²) in [6.45, 7) is 2.17. The van der Waals surface area contributed by atoms with Gasteiger partial charge in [0.1, 0.15) is 5.69 Å². The maximum Gasteiger partial charge on any atom is 0.341 e. The standard InChI is InChI=1S/C10H8BrNO2S2/c1-2-14-10(13)6-5-15-12-9(6)7-3-4-8(11)16-7/h3-5H,2H2,1H3. The summed E-state index contributed by atoms with van der Waals surface area (Å²) in [5.41, 5.74) is 1.25. The van der Waals surface area contributed by atoms with Crippen molar-refractivity contribution in [2.75, 3.05) is 6.61 Å². The highest BCUT2D eigenvalue weighted by Gasteiger charge is 2.17. The molecule has 2 rings (SSSR count). The largest absolute Gasteiger partial charge is 0.462 e. The summed E-state index contributed by atoms with van der Waals surface area (Å²) < 4.78 is 10.2. The Morgan fingerprint density at radius 1 is 1.56 bits per heavy atom. The molecule has 0 aromatic carbocycles. The van der Waals surface area contributed by atoms with Crippen molar-refractivity contribution in [2.24, 2.45) is 0 Å². The molecule has 0 unspecified atom stereocenters. The first-order chi connectivity index (χ1) is 7.72. The van der Waals surface area contributed by atoms with Crippen LogP contribution in [-0.2, 0) is 4.74 Å². The van der Waals surface area contributed by atoms with Crippen LogP contribution in [0.2, 0.25) is 0 Å². The van der Waals surface area contributed by atoms with Gasteiger partial charge in [-0.05, 0) is 46.5 Å². The number of aromatic nitrogens is 1. The van der Waals surface area contributed by atoms with E-state index in [2.05, 4.69) is 20.3 Å². The normalized spacial score (nSPS) is 10.4. The van der Waals surface area contributed by atoms with Crippen molar-refractivity contribution >= 4 is 44.8 Å². The maximum absolute atomic E-state index is 11.6. The molecule has 84 valence electrons. The monoisotopic (exact) mass is 317 g/mol. The minimum atomic E-state index is -0.309. The smallest absolute Gasteiger partial charge is 0.341 e. The highest BCUT2D eigenvalue weighted by molar-refractivity contribution is 9.11. The van der Waals surface area contributed by atoms with Gasteiger partial charge in [0.2, 0.25) is 0 Å². The fourth-order valence-corrected chi connectivity index (χ4v) is 3.33. The molecule has 16 heavy (non-hydrogen) atoms. The molecule has 6 heteroatoms. The topological polar surface area (TPSA) is 39.2 Å². The second-order valence-corrected chi connectivity index (χ2v) is 5.99. The average Bonchev–Trinajstić information content (AvgIpc) is 2.85. The molecule has 0 atom stereocenters. The van der Waals surface area contributed by atoms with Crippen molar-refractivity contribution in [2.45, 2.75) is 6.92 Å². The molecule has 0 aliphatic rings. The van der Waals surface area contributed by atoms with Crippen LogP contribution in [0.25, 0.3) is 10.6 Å². The minimum absolute atomic E-state index is 0.309. The van der Waals surface area contributed by atoms with Gasteiger partial charge in [0.15, 0.2) is 0 Å². The molecule has 2 heterocycles. The van der Waals surface area contributed by atoms with Crippen molar-refractivity contribution in [3.05, 3.63) is 26.9 Å². The number of rotatable bonds is 3. The molecule has 0 radical (unpaired) electrons. The summed E-state index contributed by atoms with van der Waals surface area (Å²) in [6.07, 6.45) is 0. The zero-order chi connectivity index (χ0) is 11.5. The molecule has 0 saturated carbocycles. The van der Waals surface area contributed by atoms with Crippen LogP contribution in [-0.4, -0.2) is 16.9 Å². The lowest BCUT2D eigenvalue weighted by atomic mass is 10.2. The van der Waals surface area contributed by atoms with E-state index in [1.54, 1.807) is 23.6 Å². The summed E-state index contributed by atoms with van der Waals surface area (Å²) in [5.74, 6) is -0.309. The Balaban J connectivity index is 2.36. The number of nitrogens with zero attached hydrogens (tertiary/aromatic N) is 1. The van der Waals surface area contributed by atoms with Gasteiger partial charge in [0.05, 0.1) is 20.8 Å². The first kappa shape index (κ1) is 11.8. The van der Waals surface area contributed by atoms with Gasteiger partial charge in [-0.25, -0.2) is 4.79 Å². The van der Waals surface area contributed by atoms with Crippen LogP contribution in [0.4, 0.5) is 0 Å². The number of ether oxygens (including phenoxy) is 1. The number of carbonyl (C=O) groups is 1. The number of thiophene rings is 1. The van der Waals surface area contributed by atoms with Gasteiger partial charge in [-0.3, -0.25) is 0 Å². The number of hydrogen-bond acceptors (Lipinski definition) is 5. The van der Waals surface area contributed by atoms with Crippen molar-refractivity contribution in [3.63, 3.8) is 0 Å². The third kappa shape index (κ3) is 2.34. The second kappa shape index (κ2) is 5.07. The van der Waals surface area contributed by atoms with Crippen molar-refractivity contribution in [1.82, 2.24) is 4.37 Å². The molecular weight excluding hydrogens is 310 g/mol. The lowest BCUT2D eigenvalue weighted by molar-refractivity contribution is 0.0527. The fraction of sp³-hybridized carbons (Fsp3) is 0.200. The summed E-state index contributed by atoms with van der Waals surface area (Å²) in [6, 6.07) is 3.88. The van der Waals surface area contributed by atoms with E-state index < -0.39 is 0 Å². The number of esters is 1. The van der Waals surface area contributed by atoms with Gasteiger partial charge >= 0.3 is 5.97 Å². The lowest BCUT2D eigenvalue weighted by Gasteiger charge is -2.00. The Morgan fingerprint density at radius 2 is 2.38 bits per heavy atom. The highest BCUT2D eigenvalue weighted by atomic mass is 79.9. The van der Waals surface area contributed by atoms with E-state index >= 15 is 0 Å². The number of halogens is 1. The van der Waals surface area contributed by atoms with Gasteiger partial charge in [-0.1, -0.05) is 0 Å². The van der Waals surface area contributed by atoms with Crippen LogP contribution >= 0.6 is 38.8 Å². The first-order valence-electron chi connectivity index (χ1n) is 4.59. The fourth-order valence-electron chi connectivity index (χ4n) is 1.21. The summed E-state index contributed by atoms with van der Waals surface area (Å²) in [7, 11) is 0. The van der Waals surface area contributed by atoms with Gasteiger partial charge in [-0.2, -0.15) is 4.37 Å². The van der Waals surface area contributed by atoms with Crippen molar-refractivity contribution in [3.8, 4) is 10.6 Å². The molecule has 0 aliphatic carbocycles. The predicted octanol–water partition coefficient (Wildman–Crippen LogP) is 3.81. The minimum Gasteiger partial charge on any atom is -0.462 e. The Labute approximate surface area is 109 Å². The summed E-state index contributed by atoms with van der Waals surface area (Å²) >= 11 is 6.20. The number of hydrogen-bond donors (Lipinski definition) is 0. The second-order valence-electron chi connectivity index (χ2n) is 2.90. The Bertz CT molecular complexity index is 506. The van der Waals surface area contributed by atoms with E-state index in [-0.39, 0.29) is 5.97 Å². The zero-order valence-electron chi connectivity index (χ0n) is 8.40. The SMILES string of the molecule is CCOC(=O)c1csnc1-c1ccc(Br)s1. The molecule has 0 bridgehead atoms. The van der Waals surface area contributed by atoms with Gasteiger partial charge < -0.3 is 4.74 Å². The molecule has 0 aliphatic heterocycles. The molecule has 0 amide bonds. The summed E-state index contributed by atoms with van der Waals surface area (Å²) in [5, 5.41) is 1.72. The van der Waals surface area contributed by atoms with E-state index in [0.29, 0.717) is 17.9 Å². The first-order valence-corrected chi connectivity index (χ1v) is 7.04. The van der Waals surface area contributed by atoms with Crippen LogP contribution in [0.15, 0.2) is 21.3 Å². The number of carbonyl (C=O) groups excluding carboxylic acids is 1. The average molecular weight is 318 g/mol. The Hall–Kier alpha value is -0.720. The molecular formula is C10H8BrNO2S2. The maximum atomic E-state index is 11.6. The lowest BCUT2D eigenvalue weighted by Crippen LogP contribution is -2.04. The third-order valence-electron chi connectivity index (χ3n) is 1.87. The van der Waals surface area contributed by atoms with E-state index in [1.807, 2.05) is 12.1 Å². The molecule has 2 aromatic heterocycles. The van der Waals surface area contributed by atoms with Crippen LogP contribution in [0.5, 0.6) is 0 Å². The molecule has 0 spiro atoms.